The first-order chi connectivity index (χ1) is 12.8. The summed E-state index contributed by atoms with van der Waals surface area (Å²) in [6, 6.07) is 11.0. The smallest absolute Gasteiger partial charge is 0.155 e. The van der Waals surface area contributed by atoms with Gasteiger partial charge in [-0.15, -0.1) is 0 Å². The van der Waals surface area contributed by atoms with Gasteiger partial charge in [0.2, 0.25) is 0 Å². The van der Waals surface area contributed by atoms with Crippen molar-refractivity contribution >= 4 is 21.9 Å². The Morgan fingerprint density at radius 3 is 2.85 bits per heavy atom. The molecule has 26 heavy (non-hydrogen) atoms. The quantitative estimate of drug-likeness (QED) is 0.523. The number of piperidine rings is 1. The summed E-state index contributed by atoms with van der Waals surface area (Å²) in [6.07, 6.45) is 5.21. The average Bonchev–Trinajstić information content (AvgIpc) is 3.28. The molecule has 1 saturated heterocycles. The molecule has 0 amide bonds. The molecule has 4 aromatic rings. The highest BCUT2D eigenvalue weighted by Crippen LogP contribution is 2.35. The Morgan fingerprint density at radius 1 is 1.12 bits per heavy atom. The molecule has 5 rings (SSSR count). The Bertz CT molecular complexity index is 1070. The van der Waals surface area contributed by atoms with Gasteiger partial charge in [0.25, 0.3) is 0 Å². The highest BCUT2D eigenvalue weighted by atomic mass is 15.2. The largest absolute Gasteiger partial charge is 0.353 e. The Labute approximate surface area is 152 Å². The van der Waals surface area contributed by atoms with E-state index in [4.69, 9.17) is 0 Å². The number of benzene rings is 1. The SMILES string of the molecule is CCc1c(-c2n[nH]c3ncccc23)[nH]c2ccc(C3CCNCC3)cc12. The van der Waals surface area contributed by atoms with Gasteiger partial charge in [-0.3, -0.25) is 5.10 Å². The fourth-order valence-corrected chi connectivity index (χ4v) is 4.29. The van der Waals surface area contributed by atoms with Crippen LogP contribution in [-0.2, 0) is 6.42 Å². The lowest BCUT2D eigenvalue weighted by atomic mass is 9.89. The molecule has 1 aromatic carbocycles. The highest BCUT2D eigenvalue weighted by molar-refractivity contribution is 5.97. The van der Waals surface area contributed by atoms with Crippen molar-refractivity contribution < 1.29 is 0 Å². The summed E-state index contributed by atoms with van der Waals surface area (Å²) in [4.78, 5) is 7.99. The molecule has 0 spiro atoms. The number of hydrogen-bond donors (Lipinski definition) is 3. The first kappa shape index (κ1) is 15.6. The van der Waals surface area contributed by atoms with E-state index in [0.717, 1.165) is 41.9 Å². The van der Waals surface area contributed by atoms with Gasteiger partial charge in [-0.05, 0) is 73.7 Å². The van der Waals surface area contributed by atoms with E-state index in [9.17, 15) is 0 Å². The number of aromatic amines is 2. The molecule has 3 aromatic heterocycles. The molecule has 132 valence electrons. The molecule has 0 radical (unpaired) electrons. The van der Waals surface area contributed by atoms with Crippen LogP contribution < -0.4 is 5.32 Å². The summed E-state index contributed by atoms with van der Waals surface area (Å²) in [5.74, 6) is 0.666. The molecule has 5 nitrogen and oxygen atoms in total. The minimum atomic E-state index is 0.666. The molecule has 4 heterocycles. The molecular weight excluding hydrogens is 322 g/mol. The van der Waals surface area contributed by atoms with E-state index in [1.807, 2.05) is 6.07 Å². The minimum absolute atomic E-state index is 0.666. The van der Waals surface area contributed by atoms with Crippen molar-refractivity contribution in [3.05, 3.63) is 47.7 Å². The van der Waals surface area contributed by atoms with Gasteiger partial charge in [-0.25, -0.2) is 4.98 Å². The molecule has 0 atom stereocenters. The molecular formula is C21H23N5. The molecule has 3 N–H and O–H groups in total. The second-order valence-corrected chi connectivity index (χ2v) is 7.13. The number of aromatic nitrogens is 4. The second kappa shape index (κ2) is 6.25. The van der Waals surface area contributed by atoms with Crippen LogP contribution in [0.15, 0.2) is 36.5 Å². The zero-order chi connectivity index (χ0) is 17.5. The zero-order valence-electron chi connectivity index (χ0n) is 15.0. The van der Waals surface area contributed by atoms with E-state index >= 15 is 0 Å². The fourth-order valence-electron chi connectivity index (χ4n) is 4.29. The highest BCUT2D eigenvalue weighted by Gasteiger charge is 2.20. The van der Waals surface area contributed by atoms with E-state index in [2.05, 4.69) is 56.7 Å². The maximum absolute atomic E-state index is 4.55. The maximum Gasteiger partial charge on any atom is 0.155 e. The molecule has 5 heteroatoms. The maximum atomic E-state index is 4.55. The number of H-pyrrole nitrogens is 2. The van der Waals surface area contributed by atoms with E-state index in [1.54, 1.807) is 6.20 Å². The van der Waals surface area contributed by atoms with Gasteiger partial charge in [0.1, 0.15) is 5.69 Å². The van der Waals surface area contributed by atoms with Crippen molar-refractivity contribution in [3.8, 4) is 11.4 Å². The summed E-state index contributed by atoms with van der Waals surface area (Å²) in [6.45, 7) is 4.46. The molecule has 0 saturated carbocycles. The summed E-state index contributed by atoms with van der Waals surface area (Å²) < 4.78 is 0. The monoisotopic (exact) mass is 345 g/mol. The number of rotatable bonds is 3. The standard InChI is InChI=1S/C21H23N5/c1-2-15-17-12-14(13-7-10-22-11-8-13)5-6-18(17)24-19(15)20-16-4-3-9-23-21(16)26-25-20/h3-6,9,12-13,22,24H,2,7-8,10-11H2,1H3,(H,23,25,26). The lowest BCUT2D eigenvalue weighted by Gasteiger charge is -2.23. The number of pyridine rings is 1. The van der Waals surface area contributed by atoms with Crippen LogP contribution in [0.2, 0.25) is 0 Å². The van der Waals surface area contributed by atoms with Crippen LogP contribution in [0.4, 0.5) is 0 Å². The van der Waals surface area contributed by atoms with Crippen LogP contribution in [0.3, 0.4) is 0 Å². The van der Waals surface area contributed by atoms with Crippen LogP contribution in [0.1, 0.15) is 36.8 Å². The van der Waals surface area contributed by atoms with Crippen LogP contribution >= 0.6 is 0 Å². The third kappa shape index (κ3) is 2.42. The van der Waals surface area contributed by atoms with Gasteiger partial charge in [0.05, 0.1) is 5.69 Å². The van der Waals surface area contributed by atoms with Gasteiger partial charge >= 0.3 is 0 Å². The van der Waals surface area contributed by atoms with Crippen LogP contribution in [0.5, 0.6) is 0 Å². The fraction of sp³-hybridized carbons (Fsp3) is 0.333. The predicted octanol–water partition coefficient (Wildman–Crippen LogP) is 4.14. The normalized spacial score (nSPS) is 15.9. The first-order valence-corrected chi connectivity index (χ1v) is 9.50. The summed E-state index contributed by atoms with van der Waals surface area (Å²) in [7, 11) is 0. The second-order valence-electron chi connectivity index (χ2n) is 7.13. The molecule has 1 aliphatic rings. The third-order valence-electron chi connectivity index (χ3n) is 5.67. The van der Waals surface area contributed by atoms with Crippen molar-refractivity contribution in [2.24, 2.45) is 0 Å². The molecule has 0 bridgehead atoms. The van der Waals surface area contributed by atoms with Crippen molar-refractivity contribution in [2.45, 2.75) is 32.1 Å². The summed E-state index contributed by atoms with van der Waals surface area (Å²) >= 11 is 0. The number of nitrogens with one attached hydrogen (secondary N) is 3. The van der Waals surface area contributed by atoms with E-state index < -0.39 is 0 Å². The topological polar surface area (TPSA) is 69.4 Å². The van der Waals surface area contributed by atoms with Gasteiger partial charge < -0.3 is 10.3 Å². The van der Waals surface area contributed by atoms with Gasteiger partial charge in [0, 0.05) is 22.5 Å². The Balaban J connectivity index is 1.66. The van der Waals surface area contributed by atoms with Gasteiger partial charge in [0.15, 0.2) is 5.65 Å². The Kier molecular flexibility index (Phi) is 3.75. The molecule has 0 aliphatic carbocycles. The van der Waals surface area contributed by atoms with E-state index in [0.29, 0.717) is 5.92 Å². The molecule has 1 aliphatic heterocycles. The lowest BCUT2D eigenvalue weighted by molar-refractivity contribution is 0.460. The number of fused-ring (bicyclic) bond motifs is 2. The average molecular weight is 345 g/mol. The summed E-state index contributed by atoms with van der Waals surface area (Å²) in [5, 5.41) is 13.5. The zero-order valence-corrected chi connectivity index (χ0v) is 15.0. The lowest BCUT2D eigenvalue weighted by Crippen LogP contribution is -2.26. The molecule has 1 fully saturated rings. The van der Waals surface area contributed by atoms with Gasteiger partial charge in [-0.1, -0.05) is 13.0 Å². The predicted molar refractivity (Wildman–Crippen MR) is 105 cm³/mol. The van der Waals surface area contributed by atoms with E-state index in [1.165, 1.54) is 34.9 Å². The van der Waals surface area contributed by atoms with Crippen molar-refractivity contribution in [2.75, 3.05) is 13.1 Å². The van der Waals surface area contributed by atoms with Gasteiger partial charge in [-0.2, -0.15) is 5.10 Å². The van der Waals surface area contributed by atoms with Crippen LogP contribution in [0.25, 0.3) is 33.3 Å². The number of nitrogens with zero attached hydrogens (tertiary/aromatic N) is 2. The Morgan fingerprint density at radius 2 is 2.00 bits per heavy atom. The van der Waals surface area contributed by atoms with Crippen molar-refractivity contribution in [1.82, 2.24) is 25.5 Å². The van der Waals surface area contributed by atoms with Crippen molar-refractivity contribution in [3.63, 3.8) is 0 Å². The number of hydrogen-bond acceptors (Lipinski definition) is 3. The first-order valence-electron chi connectivity index (χ1n) is 9.50. The number of aryl methyl sites for hydroxylation is 1. The molecule has 0 unspecified atom stereocenters. The summed E-state index contributed by atoms with van der Waals surface area (Å²) in [5.41, 5.74) is 6.91. The van der Waals surface area contributed by atoms with Crippen LogP contribution in [-0.4, -0.2) is 33.3 Å². The van der Waals surface area contributed by atoms with E-state index in [-0.39, 0.29) is 0 Å². The minimum Gasteiger partial charge on any atom is -0.353 e. The Hall–Kier alpha value is -2.66. The third-order valence-corrected chi connectivity index (χ3v) is 5.67. The van der Waals surface area contributed by atoms with Crippen LogP contribution in [0, 0.1) is 0 Å². The van der Waals surface area contributed by atoms with Crippen molar-refractivity contribution in [1.29, 1.82) is 0 Å².